The molecular formula is C26H20N2O6. The Morgan fingerprint density at radius 3 is 2.29 bits per heavy atom. The number of rotatable bonds is 5. The van der Waals surface area contributed by atoms with Gasteiger partial charge in [0.15, 0.2) is 0 Å². The first-order valence-corrected chi connectivity index (χ1v) is 10.4. The molecule has 8 nitrogen and oxygen atoms in total. The largest absolute Gasteiger partial charge is 0.465 e. The summed E-state index contributed by atoms with van der Waals surface area (Å²) in [6.07, 6.45) is -0.618. The summed E-state index contributed by atoms with van der Waals surface area (Å²) >= 11 is 0. The van der Waals surface area contributed by atoms with E-state index in [2.05, 4.69) is 34.0 Å². The van der Waals surface area contributed by atoms with Crippen molar-refractivity contribution in [1.82, 2.24) is 5.32 Å². The number of carbonyl (C=O) groups is 2. The van der Waals surface area contributed by atoms with Gasteiger partial charge in [-0.05, 0) is 28.3 Å². The third kappa shape index (κ3) is 4.59. The number of benzene rings is 3. The van der Waals surface area contributed by atoms with E-state index in [4.69, 9.17) is 4.74 Å². The van der Waals surface area contributed by atoms with Crippen molar-refractivity contribution in [3.63, 3.8) is 0 Å². The average molecular weight is 456 g/mol. The highest BCUT2D eigenvalue weighted by molar-refractivity contribution is 5.93. The average Bonchev–Trinajstić information content (AvgIpc) is 3.18. The highest BCUT2D eigenvalue weighted by Crippen LogP contribution is 2.44. The van der Waals surface area contributed by atoms with Crippen molar-refractivity contribution in [1.29, 1.82) is 0 Å². The second kappa shape index (κ2) is 9.88. The van der Waals surface area contributed by atoms with E-state index in [0.717, 1.165) is 28.3 Å². The number of non-ortho nitro benzene ring substituents is 1. The zero-order valence-corrected chi connectivity index (χ0v) is 18.2. The lowest BCUT2D eigenvalue weighted by Gasteiger charge is -2.14. The van der Waals surface area contributed by atoms with Gasteiger partial charge in [-0.1, -0.05) is 60.4 Å². The summed E-state index contributed by atoms with van der Waals surface area (Å²) in [6.45, 7) is 0.149. The van der Waals surface area contributed by atoms with Crippen molar-refractivity contribution in [3.05, 3.63) is 99.1 Å². The maximum atomic E-state index is 12.2. The molecule has 0 fully saturated rings. The quantitative estimate of drug-likeness (QED) is 0.266. The summed E-state index contributed by atoms with van der Waals surface area (Å²) in [6, 6.07) is 19.8. The molecular weight excluding hydrogens is 436 g/mol. The van der Waals surface area contributed by atoms with E-state index < -0.39 is 17.0 Å². The molecule has 0 saturated heterocycles. The summed E-state index contributed by atoms with van der Waals surface area (Å²) in [5.74, 6) is 4.66. The first-order valence-electron chi connectivity index (χ1n) is 10.4. The monoisotopic (exact) mass is 456 g/mol. The van der Waals surface area contributed by atoms with Gasteiger partial charge in [0, 0.05) is 23.6 Å². The van der Waals surface area contributed by atoms with Gasteiger partial charge < -0.3 is 14.8 Å². The van der Waals surface area contributed by atoms with Crippen molar-refractivity contribution < 1.29 is 24.0 Å². The summed E-state index contributed by atoms with van der Waals surface area (Å²) in [7, 11) is 1.18. The minimum Gasteiger partial charge on any atom is -0.465 e. The van der Waals surface area contributed by atoms with E-state index in [9.17, 15) is 19.7 Å². The molecule has 4 rings (SSSR count). The normalized spacial score (nSPS) is 11.4. The van der Waals surface area contributed by atoms with E-state index in [1.807, 2.05) is 36.4 Å². The standard InChI is InChI=1S/C26H20N2O6/c1-33-25(29)23-15-18(28(31)32)13-12-17(23)7-6-14-27-26(30)34-16-24-21-10-4-2-8-19(21)20-9-3-5-11-22(20)24/h2-5,8-13,15,24H,14,16H2,1H3,(H,27,30). The predicted octanol–water partition coefficient (Wildman–Crippen LogP) is 4.27. The highest BCUT2D eigenvalue weighted by Gasteiger charge is 2.28. The van der Waals surface area contributed by atoms with Gasteiger partial charge in [0.05, 0.1) is 24.1 Å². The lowest BCUT2D eigenvalue weighted by molar-refractivity contribution is -0.384. The Hall–Kier alpha value is -4.64. The second-order valence-corrected chi connectivity index (χ2v) is 7.46. The van der Waals surface area contributed by atoms with Crippen LogP contribution in [0.15, 0.2) is 66.7 Å². The first-order chi connectivity index (χ1) is 16.5. The fraction of sp³-hybridized carbons (Fsp3) is 0.154. The minimum absolute atomic E-state index is 0.0228. The van der Waals surface area contributed by atoms with E-state index in [1.54, 1.807) is 0 Å². The molecule has 1 aliphatic rings. The number of ether oxygens (including phenoxy) is 2. The van der Waals surface area contributed by atoms with Gasteiger partial charge in [0.1, 0.15) is 6.61 Å². The molecule has 0 aliphatic heterocycles. The Kier molecular flexibility index (Phi) is 6.55. The van der Waals surface area contributed by atoms with Gasteiger partial charge >= 0.3 is 12.1 Å². The van der Waals surface area contributed by atoms with Crippen LogP contribution in [0.4, 0.5) is 10.5 Å². The van der Waals surface area contributed by atoms with Crippen LogP contribution in [-0.2, 0) is 9.47 Å². The van der Waals surface area contributed by atoms with Gasteiger partial charge in [0.2, 0.25) is 0 Å². The molecule has 3 aromatic rings. The number of hydrogen-bond acceptors (Lipinski definition) is 6. The topological polar surface area (TPSA) is 108 Å². The van der Waals surface area contributed by atoms with Gasteiger partial charge in [-0.15, -0.1) is 0 Å². The lowest BCUT2D eigenvalue weighted by Crippen LogP contribution is -2.26. The lowest BCUT2D eigenvalue weighted by atomic mass is 9.98. The minimum atomic E-state index is -0.738. The fourth-order valence-corrected chi connectivity index (χ4v) is 3.94. The molecule has 0 heterocycles. The molecule has 1 amide bonds. The van der Waals surface area contributed by atoms with E-state index >= 15 is 0 Å². The SMILES string of the molecule is COC(=O)c1cc([N+](=O)[O-])ccc1C#CCNC(=O)OCC1c2ccccc2-c2ccccc21. The Labute approximate surface area is 195 Å². The van der Waals surface area contributed by atoms with Crippen LogP contribution in [0.25, 0.3) is 11.1 Å². The van der Waals surface area contributed by atoms with Crippen LogP contribution in [0.5, 0.6) is 0 Å². The molecule has 3 aromatic carbocycles. The van der Waals surface area contributed by atoms with E-state index in [1.165, 1.54) is 19.2 Å². The van der Waals surface area contributed by atoms with Crippen LogP contribution in [0.3, 0.4) is 0 Å². The first kappa shape index (κ1) is 22.6. The van der Waals surface area contributed by atoms with Crippen LogP contribution >= 0.6 is 0 Å². The summed E-state index contributed by atoms with van der Waals surface area (Å²) in [4.78, 5) is 34.5. The number of nitrogens with one attached hydrogen (secondary N) is 1. The van der Waals surface area contributed by atoms with Crippen LogP contribution in [0, 0.1) is 22.0 Å². The maximum absolute atomic E-state index is 12.2. The van der Waals surface area contributed by atoms with Crippen molar-refractivity contribution >= 4 is 17.7 Å². The second-order valence-electron chi connectivity index (χ2n) is 7.46. The van der Waals surface area contributed by atoms with Crippen LogP contribution in [-0.4, -0.2) is 37.2 Å². The molecule has 170 valence electrons. The third-order valence-corrected chi connectivity index (χ3v) is 5.51. The zero-order chi connectivity index (χ0) is 24.1. The van der Waals surface area contributed by atoms with Crippen LogP contribution in [0.1, 0.15) is 33.0 Å². The number of nitrogens with zero attached hydrogens (tertiary/aromatic N) is 1. The van der Waals surface area contributed by atoms with Crippen LogP contribution in [0.2, 0.25) is 0 Å². The van der Waals surface area contributed by atoms with Gasteiger partial charge in [-0.3, -0.25) is 10.1 Å². The number of carbonyl (C=O) groups excluding carboxylic acids is 2. The summed E-state index contributed by atoms with van der Waals surface area (Å²) in [5, 5.41) is 13.5. The van der Waals surface area contributed by atoms with Gasteiger partial charge in [0.25, 0.3) is 5.69 Å². The highest BCUT2D eigenvalue weighted by atomic mass is 16.6. The number of methoxy groups -OCH3 is 1. The van der Waals surface area contributed by atoms with E-state index in [-0.39, 0.29) is 35.9 Å². The molecule has 0 bridgehead atoms. The van der Waals surface area contributed by atoms with Crippen molar-refractivity contribution in [3.8, 4) is 23.0 Å². The third-order valence-electron chi connectivity index (χ3n) is 5.51. The Balaban J connectivity index is 1.38. The number of nitro groups is 1. The molecule has 0 aromatic heterocycles. The number of esters is 1. The van der Waals surface area contributed by atoms with Crippen molar-refractivity contribution in [2.45, 2.75) is 5.92 Å². The summed E-state index contributed by atoms with van der Waals surface area (Å²) in [5.41, 5.74) is 4.50. The molecule has 0 radical (unpaired) electrons. The molecule has 0 unspecified atom stereocenters. The molecule has 1 aliphatic carbocycles. The number of hydrogen-bond donors (Lipinski definition) is 1. The number of fused-ring (bicyclic) bond motifs is 3. The Morgan fingerprint density at radius 2 is 1.68 bits per heavy atom. The zero-order valence-electron chi connectivity index (χ0n) is 18.2. The molecule has 8 heteroatoms. The Bertz CT molecular complexity index is 1290. The van der Waals surface area contributed by atoms with Gasteiger partial charge in [-0.25, -0.2) is 9.59 Å². The molecule has 0 atom stereocenters. The fourth-order valence-electron chi connectivity index (χ4n) is 3.94. The molecule has 0 saturated carbocycles. The molecule has 0 spiro atoms. The maximum Gasteiger partial charge on any atom is 0.407 e. The van der Waals surface area contributed by atoms with Crippen molar-refractivity contribution in [2.75, 3.05) is 20.3 Å². The predicted molar refractivity (Wildman–Crippen MR) is 124 cm³/mol. The van der Waals surface area contributed by atoms with Crippen molar-refractivity contribution in [2.24, 2.45) is 0 Å². The van der Waals surface area contributed by atoms with Crippen LogP contribution < -0.4 is 5.32 Å². The Morgan fingerprint density at radius 1 is 1.03 bits per heavy atom. The number of amides is 1. The van der Waals surface area contributed by atoms with Gasteiger partial charge in [-0.2, -0.15) is 0 Å². The smallest absolute Gasteiger partial charge is 0.407 e. The molecule has 34 heavy (non-hydrogen) atoms. The summed E-state index contributed by atoms with van der Waals surface area (Å²) < 4.78 is 10.1. The molecule has 1 N–H and O–H groups in total. The number of nitro benzene ring substituents is 1. The number of alkyl carbamates (subject to hydrolysis) is 1. The van der Waals surface area contributed by atoms with E-state index in [0.29, 0.717) is 0 Å².